The van der Waals surface area contributed by atoms with E-state index in [2.05, 4.69) is 5.32 Å². The molecule has 0 radical (unpaired) electrons. The molecule has 1 amide bonds. The molecule has 1 atom stereocenters. The van der Waals surface area contributed by atoms with Crippen molar-refractivity contribution in [3.05, 3.63) is 52.8 Å². The number of hydrogen-bond acceptors (Lipinski definition) is 3. The Balaban J connectivity index is 1.87. The predicted molar refractivity (Wildman–Crippen MR) is 99.9 cm³/mol. The molecule has 1 unspecified atom stereocenters. The molecule has 0 aromatic heterocycles. The second-order valence-electron chi connectivity index (χ2n) is 6.00. The summed E-state index contributed by atoms with van der Waals surface area (Å²) in [7, 11) is 5.10. The topological polar surface area (TPSA) is 52.0 Å². The van der Waals surface area contributed by atoms with Crippen molar-refractivity contribution in [2.45, 2.75) is 6.42 Å². The SMILES string of the molecule is COc1ccc(CC[NH+](C)CC(=O)Nc2cc(Cl)ccc2F)cc1OC. The predicted octanol–water partition coefficient (Wildman–Crippen LogP) is 2.19. The molecule has 0 heterocycles. The summed E-state index contributed by atoms with van der Waals surface area (Å²) in [5, 5.41) is 2.93. The first kappa shape index (κ1) is 20.0. The van der Waals surface area contributed by atoms with Crippen molar-refractivity contribution in [2.75, 3.05) is 39.7 Å². The van der Waals surface area contributed by atoms with Crippen molar-refractivity contribution in [1.29, 1.82) is 0 Å². The highest BCUT2D eigenvalue weighted by Crippen LogP contribution is 2.27. The number of anilines is 1. The fourth-order valence-corrected chi connectivity index (χ4v) is 2.72. The standard InChI is InChI=1S/C19H22ClFN2O3/c1-23(9-8-13-4-7-17(25-2)18(10-13)26-3)12-19(24)22-16-11-14(20)5-6-15(16)21/h4-7,10-11H,8-9,12H2,1-3H3,(H,22,24)/p+1. The molecule has 2 aromatic rings. The zero-order valence-electron chi connectivity index (χ0n) is 15.1. The Labute approximate surface area is 157 Å². The van der Waals surface area contributed by atoms with Crippen LogP contribution in [0, 0.1) is 5.82 Å². The van der Waals surface area contributed by atoms with E-state index in [1.54, 1.807) is 14.2 Å². The van der Waals surface area contributed by atoms with Crippen molar-refractivity contribution >= 4 is 23.2 Å². The summed E-state index contributed by atoms with van der Waals surface area (Å²) in [4.78, 5) is 13.1. The van der Waals surface area contributed by atoms with Gasteiger partial charge >= 0.3 is 0 Å². The van der Waals surface area contributed by atoms with Gasteiger partial charge in [0.2, 0.25) is 0 Å². The Morgan fingerprint density at radius 2 is 1.88 bits per heavy atom. The van der Waals surface area contributed by atoms with Crippen LogP contribution in [0.15, 0.2) is 36.4 Å². The van der Waals surface area contributed by atoms with Gasteiger partial charge in [-0.1, -0.05) is 17.7 Å². The van der Waals surface area contributed by atoms with E-state index >= 15 is 0 Å². The van der Waals surface area contributed by atoms with Gasteiger partial charge < -0.3 is 19.7 Å². The van der Waals surface area contributed by atoms with Gasteiger partial charge in [0.25, 0.3) is 5.91 Å². The summed E-state index contributed by atoms with van der Waals surface area (Å²) in [6.07, 6.45) is 0.769. The molecule has 0 fully saturated rings. The van der Waals surface area contributed by atoms with Crippen LogP contribution >= 0.6 is 11.6 Å². The molecule has 0 aliphatic carbocycles. The number of methoxy groups -OCH3 is 2. The van der Waals surface area contributed by atoms with E-state index in [1.807, 2.05) is 25.2 Å². The molecule has 0 saturated heterocycles. The van der Waals surface area contributed by atoms with Gasteiger partial charge in [-0.15, -0.1) is 0 Å². The number of rotatable bonds is 8. The molecular formula is C19H23ClFN2O3+. The molecule has 2 N–H and O–H groups in total. The molecule has 0 spiro atoms. The van der Waals surface area contributed by atoms with Crippen LogP contribution in [0.25, 0.3) is 0 Å². The van der Waals surface area contributed by atoms with E-state index in [1.165, 1.54) is 18.2 Å². The van der Waals surface area contributed by atoms with Gasteiger partial charge in [0, 0.05) is 11.4 Å². The van der Waals surface area contributed by atoms with Crippen LogP contribution in [0.1, 0.15) is 5.56 Å². The lowest BCUT2D eigenvalue weighted by Gasteiger charge is -2.15. The lowest BCUT2D eigenvalue weighted by atomic mass is 10.1. The minimum Gasteiger partial charge on any atom is -0.493 e. The van der Waals surface area contributed by atoms with Gasteiger partial charge in [0.1, 0.15) is 5.82 Å². The molecule has 2 aromatic carbocycles. The first-order valence-electron chi connectivity index (χ1n) is 8.20. The molecule has 5 nitrogen and oxygen atoms in total. The van der Waals surface area contributed by atoms with Crippen LogP contribution in [0.5, 0.6) is 11.5 Å². The minimum absolute atomic E-state index is 0.0928. The monoisotopic (exact) mass is 381 g/mol. The molecular weight excluding hydrogens is 359 g/mol. The first-order chi connectivity index (χ1) is 12.4. The highest BCUT2D eigenvalue weighted by molar-refractivity contribution is 6.30. The van der Waals surface area contributed by atoms with E-state index in [0.29, 0.717) is 16.5 Å². The number of quaternary nitrogens is 1. The Bertz CT molecular complexity index is 770. The Morgan fingerprint density at radius 1 is 1.15 bits per heavy atom. The van der Waals surface area contributed by atoms with E-state index < -0.39 is 5.82 Å². The van der Waals surface area contributed by atoms with Gasteiger partial charge in [-0.3, -0.25) is 4.79 Å². The summed E-state index contributed by atoms with van der Waals surface area (Å²) in [6.45, 7) is 0.959. The van der Waals surface area contributed by atoms with Crippen LogP contribution in [-0.4, -0.2) is 40.3 Å². The van der Waals surface area contributed by atoms with Crippen molar-refractivity contribution < 1.29 is 23.6 Å². The second kappa shape index (κ2) is 9.40. The van der Waals surface area contributed by atoms with E-state index in [9.17, 15) is 9.18 Å². The maximum atomic E-state index is 13.7. The summed E-state index contributed by atoms with van der Waals surface area (Å²) >= 11 is 5.83. The average molecular weight is 382 g/mol. The smallest absolute Gasteiger partial charge is 0.279 e. The Kier molecular flexibility index (Phi) is 7.24. The summed E-state index contributed by atoms with van der Waals surface area (Å²) in [5.41, 5.74) is 1.18. The van der Waals surface area contributed by atoms with E-state index in [4.69, 9.17) is 21.1 Å². The fourth-order valence-electron chi connectivity index (χ4n) is 2.54. The molecule has 2 rings (SSSR count). The minimum atomic E-state index is -0.509. The Morgan fingerprint density at radius 3 is 2.58 bits per heavy atom. The zero-order chi connectivity index (χ0) is 19.1. The quantitative estimate of drug-likeness (QED) is 0.737. The molecule has 0 bridgehead atoms. The lowest BCUT2D eigenvalue weighted by molar-refractivity contribution is -0.870. The number of amides is 1. The van der Waals surface area contributed by atoms with Crippen LogP contribution in [0.2, 0.25) is 5.02 Å². The van der Waals surface area contributed by atoms with Crippen LogP contribution in [0.4, 0.5) is 10.1 Å². The maximum absolute atomic E-state index is 13.7. The fraction of sp³-hybridized carbons (Fsp3) is 0.316. The second-order valence-corrected chi connectivity index (χ2v) is 6.43. The van der Waals surface area contributed by atoms with Gasteiger partial charge in [0.15, 0.2) is 18.0 Å². The third-order valence-electron chi connectivity index (χ3n) is 3.95. The third kappa shape index (κ3) is 5.61. The van der Waals surface area contributed by atoms with Gasteiger partial charge in [0.05, 0.1) is 33.5 Å². The molecule has 26 heavy (non-hydrogen) atoms. The number of likely N-dealkylation sites (N-methyl/N-ethyl adjacent to an activating group) is 1. The number of halogens is 2. The first-order valence-corrected chi connectivity index (χ1v) is 8.58. The van der Waals surface area contributed by atoms with Gasteiger partial charge in [-0.05, 0) is 35.9 Å². The largest absolute Gasteiger partial charge is 0.493 e. The maximum Gasteiger partial charge on any atom is 0.279 e. The average Bonchev–Trinajstić information content (AvgIpc) is 2.62. The number of carbonyl (C=O) groups excluding carboxylic acids is 1. The van der Waals surface area contributed by atoms with Gasteiger partial charge in [-0.25, -0.2) is 4.39 Å². The third-order valence-corrected chi connectivity index (χ3v) is 4.19. The number of hydrogen-bond donors (Lipinski definition) is 2. The van der Waals surface area contributed by atoms with Crippen molar-refractivity contribution in [1.82, 2.24) is 0 Å². The Hall–Kier alpha value is -2.31. The van der Waals surface area contributed by atoms with Crippen molar-refractivity contribution in [3.63, 3.8) is 0 Å². The zero-order valence-corrected chi connectivity index (χ0v) is 15.8. The number of nitrogens with one attached hydrogen (secondary N) is 2. The normalized spacial score (nSPS) is 11.7. The van der Waals surface area contributed by atoms with Crippen molar-refractivity contribution in [2.24, 2.45) is 0 Å². The van der Waals surface area contributed by atoms with E-state index in [-0.39, 0.29) is 18.1 Å². The molecule has 0 aliphatic rings. The molecule has 0 aliphatic heterocycles. The summed E-state index contributed by atoms with van der Waals surface area (Å²) in [6, 6.07) is 9.81. The van der Waals surface area contributed by atoms with Crippen LogP contribution < -0.4 is 19.7 Å². The highest BCUT2D eigenvalue weighted by Gasteiger charge is 2.13. The van der Waals surface area contributed by atoms with E-state index in [0.717, 1.165) is 23.4 Å². The molecule has 0 saturated carbocycles. The van der Waals surface area contributed by atoms with Crippen LogP contribution in [-0.2, 0) is 11.2 Å². The van der Waals surface area contributed by atoms with Crippen molar-refractivity contribution in [3.8, 4) is 11.5 Å². The summed E-state index contributed by atoms with van der Waals surface area (Å²) < 4.78 is 24.2. The number of carbonyl (C=O) groups is 1. The highest BCUT2D eigenvalue weighted by atomic mass is 35.5. The molecule has 140 valence electrons. The summed E-state index contributed by atoms with van der Waals surface area (Å²) in [5.74, 6) is 0.582. The van der Waals surface area contributed by atoms with Gasteiger partial charge in [-0.2, -0.15) is 0 Å². The number of benzene rings is 2. The van der Waals surface area contributed by atoms with Crippen LogP contribution in [0.3, 0.4) is 0 Å². The number of ether oxygens (including phenoxy) is 2. The molecule has 7 heteroatoms. The lowest BCUT2D eigenvalue weighted by Crippen LogP contribution is -3.10.